The van der Waals surface area contributed by atoms with Crippen molar-refractivity contribution in [3.05, 3.63) is 57.6 Å². The fourth-order valence-electron chi connectivity index (χ4n) is 1.79. The second-order valence-electron chi connectivity index (χ2n) is 4.37. The van der Waals surface area contributed by atoms with Crippen LogP contribution in [-0.4, -0.2) is 22.3 Å². The first kappa shape index (κ1) is 15.1. The molecule has 0 fully saturated rings. The zero-order valence-electron chi connectivity index (χ0n) is 11.2. The summed E-state index contributed by atoms with van der Waals surface area (Å²) in [5.41, 5.74) is 3.92. The van der Waals surface area contributed by atoms with Crippen molar-refractivity contribution in [3.63, 3.8) is 0 Å². The van der Waals surface area contributed by atoms with Gasteiger partial charge in [0.1, 0.15) is 11.5 Å². The topological polar surface area (TPSA) is 81.9 Å². The van der Waals surface area contributed by atoms with E-state index in [9.17, 15) is 15.0 Å². The molecule has 0 saturated heterocycles. The normalized spacial score (nSPS) is 10.8. The quantitative estimate of drug-likeness (QED) is 0.589. The summed E-state index contributed by atoms with van der Waals surface area (Å²) >= 11 is 3.28. The van der Waals surface area contributed by atoms with E-state index in [1.54, 1.807) is 25.1 Å². The van der Waals surface area contributed by atoms with Gasteiger partial charge in [-0.25, -0.2) is 5.43 Å². The van der Waals surface area contributed by atoms with Crippen LogP contribution >= 0.6 is 15.9 Å². The zero-order chi connectivity index (χ0) is 15.4. The zero-order valence-corrected chi connectivity index (χ0v) is 12.8. The third kappa shape index (κ3) is 3.61. The van der Waals surface area contributed by atoms with Crippen molar-refractivity contribution in [2.45, 2.75) is 6.92 Å². The average molecular weight is 349 g/mol. The van der Waals surface area contributed by atoms with Gasteiger partial charge in [0.15, 0.2) is 0 Å². The molecule has 2 aromatic rings. The third-order valence-electron chi connectivity index (χ3n) is 2.83. The van der Waals surface area contributed by atoms with Crippen molar-refractivity contribution in [1.29, 1.82) is 0 Å². The summed E-state index contributed by atoms with van der Waals surface area (Å²) in [4.78, 5) is 11.9. The predicted molar refractivity (Wildman–Crippen MR) is 83.7 cm³/mol. The Hall–Kier alpha value is -2.34. The minimum Gasteiger partial charge on any atom is -0.508 e. The highest BCUT2D eigenvalue weighted by molar-refractivity contribution is 9.10. The van der Waals surface area contributed by atoms with Crippen LogP contribution in [0.15, 0.2) is 46.0 Å². The van der Waals surface area contributed by atoms with E-state index in [0.29, 0.717) is 21.2 Å². The first-order valence-electron chi connectivity index (χ1n) is 6.09. The van der Waals surface area contributed by atoms with Crippen molar-refractivity contribution in [2.24, 2.45) is 5.10 Å². The molecule has 0 aliphatic carbocycles. The maximum atomic E-state index is 11.9. The minimum absolute atomic E-state index is 0.0283. The van der Waals surface area contributed by atoms with Crippen LogP contribution in [0, 0.1) is 6.92 Å². The molecule has 5 nitrogen and oxygen atoms in total. The van der Waals surface area contributed by atoms with E-state index in [1.807, 2.05) is 6.07 Å². The first-order valence-corrected chi connectivity index (χ1v) is 6.89. The molecule has 2 aromatic carbocycles. The van der Waals surface area contributed by atoms with Gasteiger partial charge in [0.05, 0.1) is 11.8 Å². The Balaban J connectivity index is 2.13. The Labute approximate surface area is 130 Å². The number of hydrogen-bond donors (Lipinski definition) is 3. The van der Waals surface area contributed by atoms with Crippen LogP contribution in [0.2, 0.25) is 0 Å². The molecule has 6 heteroatoms. The lowest BCUT2D eigenvalue weighted by atomic mass is 10.1. The summed E-state index contributed by atoms with van der Waals surface area (Å²) in [7, 11) is 0. The van der Waals surface area contributed by atoms with Crippen LogP contribution in [0.3, 0.4) is 0 Å². The lowest BCUT2D eigenvalue weighted by molar-refractivity contribution is 0.0954. The number of amides is 1. The number of carbonyl (C=O) groups excluding carboxylic acids is 1. The van der Waals surface area contributed by atoms with Gasteiger partial charge in [-0.1, -0.05) is 12.1 Å². The largest absolute Gasteiger partial charge is 0.508 e. The summed E-state index contributed by atoms with van der Waals surface area (Å²) in [6, 6.07) is 9.69. The Kier molecular flexibility index (Phi) is 4.59. The fourth-order valence-corrected chi connectivity index (χ4v) is 2.25. The van der Waals surface area contributed by atoms with Crippen LogP contribution in [-0.2, 0) is 0 Å². The molecular weight excluding hydrogens is 336 g/mol. The molecule has 2 rings (SSSR count). The number of benzene rings is 2. The summed E-state index contributed by atoms with van der Waals surface area (Å²) in [5.74, 6) is -0.500. The van der Waals surface area contributed by atoms with E-state index < -0.39 is 0 Å². The van der Waals surface area contributed by atoms with Crippen molar-refractivity contribution in [3.8, 4) is 11.5 Å². The molecule has 1 amide bonds. The van der Waals surface area contributed by atoms with Crippen LogP contribution < -0.4 is 5.43 Å². The molecule has 0 radical (unpaired) electrons. The van der Waals surface area contributed by atoms with Gasteiger partial charge in [-0.2, -0.15) is 5.10 Å². The second-order valence-corrected chi connectivity index (χ2v) is 5.23. The molecule has 21 heavy (non-hydrogen) atoms. The molecule has 0 aromatic heterocycles. The number of halogens is 1. The highest BCUT2D eigenvalue weighted by Crippen LogP contribution is 2.25. The van der Waals surface area contributed by atoms with Gasteiger partial charge in [0, 0.05) is 16.1 Å². The van der Waals surface area contributed by atoms with Gasteiger partial charge < -0.3 is 10.2 Å². The number of aromatic hydroxyl groups is 2. The SMILES string of the molecule is Cc1cc(O)cc(O)c1/C=N\NC(=O)c1ccccc1Br. The van der Waals surface area contributed by atoms with E-state index in [4.69, 9.17) is 0 Å². The minimum atomic E-state index is -0.366. The molecule has 0 aliphatic heterocycles. The van der Waals surface area contributed by atoms with Crippen LogP contribution in [0.5, 0.6) is 11.5 Å². The standard InChI is InChI=1S/C15H13BrN2O3/c1-9-6-10(19)7-14(20)12(9)8-17-18-15(21)11-4-2-3-5-13(11)16/h2-8,19-20H,1H3,(H,18,21)/b17-8-. The van der Waals surface area contributed by atoms with E-state index in [2.05, 4.69) is 26.5 Å². The van der Waals surface area contributed by atoms with E-state index >= 15 is 0 Å². The molecule has 108 valence electrons. The van der Waals surface area contributed by atoms with Gasteiger partial charge >= 0.3 is 0 Å². The Morgan fingerprint density at radius 2 is 2.00 bits per heavy atom. The first-order chi connectivity index (χ1) is 9.99. The number of hydrogen-bond acceptors (Lipinski definition) is 4. The van der Waals surface area contributed by atoms with E-state index in [1.165, 1.54) is 18.3 Å². The number of aryl methyl sites for hydroxylation is 1. The number of carbonyl (C=O) groups is 1. The molecule has 0 atom stereocenters. The molecule has 0 heterocycles. The number of nitrogens with zero attached hydrogens (tertiary/aromatic N) is 1. The average Bonchev–Trinajstić information content (AvgIpc) is 2.42. The number of nitrogens with one attached hydrogen (secondary N) is 1. The van der Waals surface area contributed by atoms with Crippen molar-refractivity contribution in [1.82, 2.24) is 5.43 Å². The monoisotopic (exact) mass is 348 g/mol. The second kappa shape index (κ2) is 6.41. The Bertz CT molecular complexity index is 691. The number of phenolic OH excluding ortho intramolecular Hbond substituents is 2. The molecule has 0 unspecified atom stereocenters. The molecule has 3 N–H and O–H groups in total. The Morgan fingerprint density at radius 3 is 2.67 bits per heavy atom. The third-order valence-corrected chi connectivity index (χ3v) is 3.52. The van der Waals surface area contributed by atoms with Gasteiger partial charge in [-0.3, -0.25) is 4.79 Å². The van der Waals surface area contributed by atoms with Gasteiger partial charge in [-0.15, -0.1) is 0 Å². The summed E-state index contributed by atoms with van der Waals surface area (Å²) < 4.78 is 0.668. The molecule has 0 bridgehead atoms. The summed E-state index contributed by atoms with van der Waals surface area (Å²) in [6.45, 7) is 1.72. The van der Waals surface area contributed by atoms with Crippen molar-refractivity contribution in [2.75, 3.05) is 0 Å². The van der Waals surface area contributed by atoms with Gasteiger partial charge in [0.2, 0.25) is 0 Å². The lowest BCUT2D eigenvalue weighted by Gasteiger charge is -2.05. The number of phenols is 2. The predicted octanol–water partition coefficient (Wildman–Crippen LogP) is 2.93. The molecular formula is C15H13BrN2O3. The summed E-state index contributed by atoms with van der Waals surface area (Å²) in [5, 5.41) is 22.9. The van der Waals surface area contributed by atoms with Crippen LogP contribution in [0.4, 0.5) is 0 Å². The number of hydrazone groups is 1. The maximum absolute atomic E-state index is 11.9. The molecule has 0 aliphatic rings. The highest BCUT2D eigenvalue weighted by Gasteiger charge is 2.08. The van der Waals surface area contributed by atoms with Gasteiger partial charge in [0.25, 0.3) is 5.91 Å². The lowest BCUT2D eigenvalue weighted by Crippen LogP contribution is -2.18. The van der Waals surface area contributed by atoms with Crippen LogP contribution in [0.25, 0.3) is 0 Å². The molecule has 0 saturated carbocycles. The number of rotatable bonds is 3. The van der Waals surface area contributed by atoms with Crippen LogP contribution in [0.1, 0.15) is 21.5 Å². The summed E-state index contributed by atoms with van der Waals surface area (Å²) in [6.07, 6.45) is 1.33. The highest BCUT2D eigenvalue weighted by atomic mass is 79.9. The molecule has 0 spiro atoms. The van der Waals surface area contributed by atoms with Crippen molar-refractivity contribution >= 4 is 28.1 Å². The Morgan fingerprint density at radius 1 is 1.29 bits per heavy atom. The van der Waals surface area contributed by atoms with Gasteiger partial charge in [-0.05, 0) is 46.6 Å². The maximum Gasteiger partial charge on any atom is 0.272 e. The van der Waals surface area contributed by atoms with E-state index in [-0.39, 0.29) is 17.4 Å². The van der Waals surface area contributed by atoms with Crippen molar-refractivity contribution < 1.29 is 15.0 Å². The smallest absolute Gasteiger partial charge is 0.272 e. The fraction of sp³-hybridized carbons (Fsp3) is 0.0667. The van der Waals surface area contributed by atoms with E-state index in [0.717, 1.165) is 0 Å².